The van der Waals surface area contributed by atoms with Crippen LogP contribution < -0.4 is 5.32 Å². The van der Waals surface area contributed by atoms with Gasteiger partial charge in [-0.3, -0.25) is 4.79 Å². The molecule has 2 rings (SSSR count). The Morgan fingerprint density at radius 3 is 2.67 bits per heavy atom. The zero-order valence-electron chi connectivity index (χ0n) is 10.6. The van der Waals surface area contributed by atoms with Crippen LogP contribution in [0.15, 0.2) is 0 Å². The number of hydrogen-bond donors (Lipinski definition) is 2. The van der Waals surface area contributed by atoms with Crippen LogP contribution >= 0.6 is 0 Å². The molecule has 2 unspecified atom stereocenters. The van der Waals surface area contributed by atoms with Gasteiger partial charge in [-0.15, -0.1) is 0 Å². The van der Waals surface area contributed by atoms with Crippen molar-refractivity contribution >= 4 is 12.0 Å². The van der Waals surface area contributed by atoms with Crippen LogP contribution in [0.1, 0.15) is 25.7 Å². The molecule has 18 heavy (non-hydrogen) atoms. The zero-order chi connectivity index (χ0) is 13.1. The molecule has 0 bridgehead atoms. The first-order valence-electron chi connectivity index (χ1n) is 6.38. The molecule has 6 nitrogen and oxygen atoms in total. The van der Waals surface area contributed by atoms with Crippen molar-refractivity contribution in [2.45, 2.75) is 37.8 Å². The molecule has 102 valence electrons. The molecular weight excluding hydrogens is 236 g/mol. The highest BCUT2D eigenvalue weighted by atomic mass is 16.5. The standard InChI is InChI=1S/C12H20N2O4/c1-18-10-3-2-9(5-10)13-12(17)14-6-8(7-14)4-11(15)16/h8-10H,2-7H2,1H3,(H,13,17)(H,15,16). The number of nitrogens with zero attached hydrogens (tertiary/aromatic N) is 1. The number of likely N-dealkylation sites (tertiary alicyclic amines) is 1. The van der Waals surface area contributed by atoms with Crippen molar-refractivity contribution in [3.63, 3.8) is 0 Å². The number of rotatable bonds is 4. The van der Waals surface area contributed by atoms with Gasteiger partial charge in [-0.1, -0.05) is 0 Å². The summed E-state index contributed by atoms with van der Waals surface area (Å²) in [4.78, 5) is 24.0. The van der Waals surface area contributed by atoms with Crippen LogP contribution in [0.25, 0.3) is 0 Å². The maximum Gasteiger partial charge on any atom is 0.317 e. The summed E-state index contributed by atoms with van der Waals surface area (Å²) in [6.45, 7) is 1.11. The minimum Gasteiger partial charge on any atom is -0.481 e. The van der Waals surface area contributed by atoms with Gasteiger partial charge in [0.25, 0.3) is 0 Å². The average Bonchev–Trinajstić information content (AvgIpc) is 2.70. The second-order valence-electron chi connectivity index (χ2n) is 5.19. The van der Waals surface area contributed by atoms with Gasteiger partial charge in [0.2, 0.25) is 0 Å². The summed E-state index contributed by atoms with van der Waals surface area (Å²) >= 11 is 0. The lowest BCUT2D eigenvalue weighted by Crippen LogP contribution is -2.55. The van der Waals surface area contributed by atoms with Crippen molar-refractivity contribution in [1.82, 2.24) is 10.2 Å². The molecule has 2 aliphatic rings. The summed E-state index contributed by atoms with van der Waals surface area (Å²) in [5.74, 6) is -0.678. The van der Waals surface area contributed by atoms with E-state index in [1.54, 1.807) is 12.0 Å². The van der Waals surface area contributed by atoms with Crippen LogP contribution in [-0.4, -0.2) is 54.4 Å². The van der Waals surface area contributed by atoms with Gasteiger partial charge in [0.05, 0.1) is 12.5 Å². The summed E-state index contributed by atoms with van der Waals surface area (Å²) in [6.07, 6.45) is 3.22. The van der Waals surface area contributed by atoms with E-state index in [9.17, 15) is 9.59 Å². The van der Waals surface area contributed by atoms with Gasteiger partial charge in [0.15, 0.2) is 0 Å². The average molecular weight is 256 g/mol. The quantitative estimate of drug-likeness (QED) is 0.775. The Hall–Kier alpha value is -1.30. The van der Waals surface area contributed by atoms with Gasteiger partial charge < -0.3 is 20.1 Å². The third-order valence-corrected chi connectivity index (χ3v) is 3.75. The number of methoxy groups -OCH3 is 1. The molecule has 0 aromatic heterocycles. The van der Waals surface area contributed by atoms with Crippen molar-refractivity contribution in [3.8, 4) is 0 Å². The Kier molecular flexibility index (Phi) is 4.06. The van der Waals surface area contributed by atoms with E-state index in [1.165, 1.54) is 0 Å². The zero-order valence-corrected chi connectivity index (χ0v) is 10.6. The molecule has 0 aromatic rings. The van der Waals surface area contributed by atoms with E-state index in [2.05, 4.69) is 5.32 Å². The lowest BCUT2D eigenvalue weighted by atomic mass is 9.97. The number of carboxylic acids is 1. The number of urea groups is 1. The van der Waals surface area contributed by atoms with E-state index in [0.717, 1.165) is 19.3 Å². The minimum atomic E-state index is -0.793. The Balaban J connectivity index is 1.66. The van der Waals surface area contributed by atoms with Crippen molar-refractivity contribution in [2.75, 3.05) is 20.2 Å². The Morgan fingerprint density at radius 1 is 1.39 bits per heavy atom. The molecule has 1 saturated heterocycles. The molecule has 2 atom stereocenters. The van der Waals surface area contributed by atoms with Crippen LogP contribution in [0.3, 0.4) is 0 Å². The van der Waals surface area contributed by atoms with E-state index >= 15 is 0 Å². The van der Waals surface area contributed by atoms with Crippen LogP contribution in [-0.2, 0) is 9.53 Å². The maximum atomic E-state index is 11.8. The predicted octanol–water partition coefficient (Wildman–Crippen LogP) is 0.670. The fraction of sp³-hybridized carbons (Fsp3) is 0.833. The van der Waals surface area contributed by atoms with Gasteiger partial charge >= 0.3 is 12.0 Å². The van der Waals surface area contributed by atoms with Crippen molar-refractivity contribution < 1.29 is 19.4 Å². The number of nitrogens with one attached hydrogen (secondary N) is 1. The first-order chi connectivity index (χ1) is 8.58. The molecule has 0 spiro atoms. The fourth-order valence-electron chi connectivity index (χ4n) is 2.66. The smallest absolute Gasteiger partial charge is 0.317 e. The lowest BCUT2D eigenvalue weighted by Gasteiger charge is -2.39. The predicted molar refractivity (Wildman–Crippen MR) is 64.3 cm³/mol. The van der Waals surface area contributed by atoms with E-state index in [1.807, 2.05) is 0 Å². The maximum absolute atomic E-state index is 11.8. The highest BCUT2D eigenvalue weighted by Crippen LogP contribution is 2.23. The second kappa shape index (κ2) is 5.56. The number of aliphatic carboxylic acids is 1. The summed E-state index contributed by atoms with van der Waals surface area (Å²) in [5.41, 5.74) is 0. The highest BCUT2D eigenvalue weighted by Gasteiger charge is 2.34. The van der Waals surface area contributed by atoms with Crippen LogP contribution in [0, 0.1) is 5.92 Å². The van der Waals surface area contributed by atoms with Gasteiger partial charge in [0.1, 0.15) is 0 Å². The van der Waals surface area contributed by atoms with E-state index in [0.29, 0.717) is 13.1 Å². The van der Waals surface area contributed by atoms with Gasteiger partial charge in [0, 0.05) is 32.2 Å². The van der Waals surface area contributed by atoms with Crippen molar-refractivity contribution in [3.05, 3.63) is 0 Å². The molecule has 2 N–H and O–H groups in total. The molecule has 0 aromatic carbocycles. The SMILES string of the molecule is COC1CCC(NC(=O)N2CC(CC(=O)O)C2)C1. The summed E-state index contributed by atoms with van der Waals surface area (Å²) < 4.78 is 5.25. The topological polar surface area (TPSA) is 78.9 Å². The van der Waals surface area contributed by atoms with E-state index in [4.69, 9.17) is 9.84 Å². The largest absolute Gasteiger partial charge is 0.481 e. The normalized spacial score (nSPS) is 27.9. The number of carbonyl (C=O) groups is 2. The molecular formula is C12H20N2O4. The first kappa shape index (κ1) is 13.1. The van der Waals surface area contributed by atoms with Gasteiger partial charge in [-0.05, 0) is 19.3 Å². The first-order valence-corrected chi connectivity index (χ1v) is 6.38. The molecule has 2 fully saturated rings. The third kappa shape index (κ3) is 3.13. The third-order valence-electron chi connectivity index (χ3n) is 3.75. The van der Waals surface area contributed by atoms with Gasteiger partial charge in [-0.2, -0.15) is 0 Å². The fourth-order valence-corrected chi connectivity index (χ4v) is 2.66. The molecule has 1 heterocycles. The molecule has 1 aliphatic carbocycles. The summed E-state index contributed by atoms with van der Waals surface area (Å²) in [6, 6.07) is 0.124. The van der Waals surface area contributed by atoms with E-state index in [-0.39, 0.29) is 30.5 Å². The number of carbonyl (C=O) groups excluding carboxylic acids is 1. The van der Waals surface area contributed by atoms with Gasteiger partial charge in [-0.25, -0.2) is 4.79 Å². The van der Waals surface area contributed by atoms with E-state index < -0.39 is 5.97 Å². The van der Waals surface area contributed by atoms with Crippen molar-refractivity contribution in [1.29, 1.82) is 0 Å². The number of carboxylic acid groups (broad SMARTS) is 1. The highest BCUT2D eigenvalue weighted by molar-refractivity contribution is 5.76. The lowest BCUT2D eigenvalue weighted by molar-refractivity contribution is -0.139. The molecule has 6 heteroatoms. The Morgan fingerprint density at radius 2 is 2.11 bits per heavy atom. The minimum absolute atomic E-state index is 0.0709. The Bertz CT molecular complexity index is 328. The molecule has 1 saturated carbocycles. The Labute approximate surface area is 106 Å². The molecule has 1 aliphatic heterocycles. The van der Waals surface area contributed by atoms with Crippen LogP contribution in [0.5, 0.6) is 0 Å². The second-order valence-corrected chi connectivity index (χ2v) is 5.19. The number of ether oxygens (including phenoxy) is 1. The number of amides is 2. The monoisotopic (exact) mass is 256 g/mol. The molecule has 0 radical (unpaired) electrons. The molecule has 2 amide bonds. The van der Waals surface area contributed by atoms with Crippen LogP contribution in [0.4, 0.5) is 4.79 Å². The van der Waals surface area contributed by atoms with Crippen LogP contribution in [0.2, 0.25) is 0 Å². The summed E-state index contributed by atoms with van der Waals surface area (Å²) in [5, 5.41) is 11.6. The number of hydrogen-bond acceptors (Lipinski definition) is 3. The van der Waals surface area contributed by atoms with Crippen molar-refractivity contribution in [2.24, 2.45) is 5.92 Å². The summed E-state index contributed by atoms with van der Waals surface area (Å²) in [7, 11) is 1.70.